The molecule has 0 atom stereocenters. The van der Waals surface area contributed by atoms with Gasteiger partial charge in [0, 0.05) is 17.1 Å². The minimum absolute atomic E-state index is 0.146. The van der Waals surface area contributed by atoms with Crippen LogP contribution in [-0.4, -0.2) is 25.5 Å². The average molecular weight is 485 g/mol. The number of rotatable bonds is 7. The maximum absolute atomic E-state index is 13.2. The number of anilines is 1. The molecule has 4 rings (SSSR count). The normalized spacial score (nSPS) is 13.8. The number of nitrogens with one attached hydrogen (secondary N) is 1. The number of carbonyl (C=O) groups is 1. The summed E-state index contributed by atoms with van der Waals surface area (Å²) in [5.74, 6) is -0.199. The van der Waals surface area contributed by atoms with Crippen LogP contribution < -0.4 is 5.32 Å². The predicted molar refractivity (Wildman–Crippen MR) is 108 cm³/mol. The summed E-state index contributed by atoms with van der Waals surface area (Å²) in [6.45, 7) is 0.318. The summed E-state index contributed by atoms with van der Waals surface area (Å²) in [6.07, 6.45) is 2.33. The van der Waals surface area contributed by atoms with Crippen LogP contribution in [0.2, 0.25) is 5.02 Å². The third-order valence-corrected chi connectivity index (χ3v) is 5.81. The quantitative estimate of drug-likeness (QED) is 0.513. The van der Waals surface area contributed by atoms with E-state index in [1.807, 2.05) is 18.2 Å². The molecule has 0 aliphatic heterocycles. The van der Waals surface area contributed by atoms with Crippen LogP contribution in [-0.2, 0) is 17.9 Å². The number of hydrogen-bond donors (Lipinski definition) is 1. The molecule has 6 nitrogen and oxygen atoms in total. The molecule has 1 amide bonds. The van der Waals surface area contributed by atoms with Gasteiger partial charge >= 0.3 is 0 Å². The van der Waals surface area contributed by atoms with Crippen molar-refractivity contribution in [1.82, 2.24) is 19.6 Å². The van der Waals surface area contributed by atoms with E-state index in [4.69, 9.17) is 11.6 Å². The van der Waals surface area contributed by atoms with Crippen molar-refractivity contribution in [2.75, 3.05) is 5.32 Å². The van der Waals surface area contributed by atoms with Gasteiger partial charge in [-0.15, -0.1) is 0 Å². The standard InChI is InChI=1S/C19H17BrClF2N5O/c20-16-17(19(22)23)26-28(18(16)11-5-6-11)10-15(29)25-13-7-24-27(9-13)8-12-3-1-2-4-14(12)21/h1-4,7,9,11,19H,5-6,8,10H2,(H,25,29). The number of nitrogens with zero attached hydrogens (tertiary/aromatic N) is 4. The van der Waals surface area contributed by atoms with Crippen molar-refractivity contribution in [2.45, 2.75) is 38.3 Å². The van der Waals surface area contributed by atoms with Crippen molar-refractivity contribution < 1.29 is 13.6 Å². The minimum atomic E-state index is -2.70. The van der Waals surface area contributed by atoms with Gasteiger partial charge in [0.1, 0.15) is 12.2 Å². The highest BCUT2D eigenvalue weighted by Gasteiger charge is 2.34. The van der Waals surface area contributed by atoms with Crippen molar-refractivity contribution in [1.29, 1.82) is 0 Å². The fourth-order valence-corrected chi connectivity index (χ4v) is 4.11. The molecule has 1 fully saturated rings. The topological polar surface area (TPSA) is 64.7 Å². The molecule has 1 N–H and O–H groups in total. The zero-order valence-electron chi connectivity index (χ0n) is 15.2. The summed E-state index contributed by atoms with van der Waals surface area (Å²) in [7, 11) is 0. The van der Waals surface area contributed by atoms with E-state index in [1.165, 1.54) is 10.9 Å². The monoisotopic (exact) mass is 483 g/mol. The maximum atomic E-state index is 13.2. The highest BCUT2D eigenvalue weighted by Crippen LogP contribution is 2.45. The van der Waals surface area contributed by atoms with Crippen LogP contribution >= 0.6 is 27.5 Å². The zero-order valence-corrected chi connectivity index (χ0v) is 17.5. The van der Waals surface area contributed by atoms with Gasteiger partial charge in [-0.25, -0.2) is 8.78 Å². The molecule has 1 aliphatic carbocycles. The second kappa shape index (κ2) is 8.23. The lowest BCUT2D eigenvalue weighted by Gasteiger charge is -2.07. The number of halogens is 4. The molecule has 10 heteroatoms. The second-order valence-electron chi connectivity index (χ2n) is 6.88. The van der Waals surface area contributed by atoms with Crippen molar-refractivity contribution in [2.24, 2.45) is 0 Å². The maximum Gasteiger partial charge on any atom is 0.283 e. The number of amides is 1. The van der Waals surface area contributed by atoms with E-state index in [-0.39, 0.29) is 24.1 Å². The van der Waals surface area contributed by atoms with Crippen LogP contribution in [0, 0.1) is 0 Å². The molecule has 0 saturated heterocycles. The van der Waals surface area contributed by atoms with Crippen LogP contribution in [0.4, 0.5) is 14.5 Å². The van der Waals surface area contributed by atoms with Gasteiger partial charge in [-0.05, 0) is 40.4 Å². The van der Waals surface area contributed by atoms with Crippen molar-refractivity contribution >= 4 is 39.1 Å². The van der Waals surface area contributed by atoms with Gasteiger partial charge in [-0.1, -0.05) is 29.8 Å². The highest BCUT2D eigenvalue weighted by atomic mass is 79.9. The lowest BCUT2D eigenvalue weighted by Crippen LogP contribution is -2.20. The Morgan fingerprint density at radius 2 is 2.10 bits per heavy atom. The fraction of sp³-hybridized carbons (Fsp3) is 0.316. The van der Waals surface area contributed by atoms with Crippen molar-refractivity contribution in [3.63, 3.8) is 0 Å². The molecule has 0 bridgehead atoms. The van der Waals surface area contributed by atoms with Crippen LogP contribution in [0.3, 0.4) is 0 Å². The fourth-order valence-electron chi connectivity index (χ4n) is 3.13. The highest BCUT2D eigenvalue weighted by molar-refractivity contribution is 9.10. The Hall–Kier alpha value is -2.26. The van der Waals surface area contributed by atoms with Crippen LogP contribution in [0.25, 0.3) is 0 Å². The molecular formula is C19H17BrClF2N5O. The molecule has 1 aliphatic rings. The van der Waals surface area contributed by atoms with Gasteiger partial charge in [0.05, 0.1) is 28.6 Å². The summed E-state index contributed by atoms with van der Waals surface area (Å²) in [5, 5.41) is 11.5. The predicted octanol–water partition coefficient (Wildman–Crippen LogP) is 5.00. The minimum Gasteiger partial charge on any atom is -0.322 e. The first-order valence-electron chi connectivity index (χ1n) is 9.02. The Morgan fingerprint density at radius 3 is 2.79 bits per heavy atom. The third kappa shape index (κ3) is 4.51. The average Bonchev–Trinajstić information content (AvgIpc) is 3.32. The second-order valence-corrected chi connectivity index (χ2v) is 8.08. The summed E-state index contributed by atoms with van der Waals surface area (Å²) in [4.78, 5) is 12.5. The molecular weight excluding hydrogens is 468 g/mol. The Labute approximate surface area is 179 Å². The smallest absolute Gasteiger partial charge is 0.283 e. The first-order valence-corrected chi connectivity index (χ1v) is 10.2. The number of benzene rings is 1. The molecule has 3 aromatic rings. The van der Waals surface area contributed by atoms with Crippen molar-refractivity contribution in [3.05, 3.63) is 63.1 Å². The molecule has 2 aromatic heterocycles. The summed E-state index contributed by atoms with van der Waals surface area (Å²) in [5.41, 5.74) is 1.75. The van der Waals surface area contributed by atoms with Gasteiger partial charge in [0.25, 0.3) is 6.43 Å². The zero-order chi connectivity index (χ0) is 20.5. The van der Waals surface area contributed by atoms with E-state index >= 15 is 0 Å². The van der Waals surface area contributed by atoms with Crippen molar-refractivity contribution in [3.8, 4) is 0 Å². The summed E-state index contributed by atoms with van der Waals surface area (Å²) in [6, 6.07) is 7.44. The van der Waals surface area contributed by atoms with Crippen LogP contribution in [0.1, 0.15) is 42.1 Å². The van der Waals surface area contributed by atoms with Gasteiger partial charge in [0.2, 0.25) is 5.91 Å². The largest absolute Gasteiger partial charge is 0.322 e. The summed E-state index contributed by atoms with van der Waals surface area (Å²) < 4.78 is 29.7. The number of aromatic nitrogens is 4. The number of hydrogen-bond acceptors (Lipinski definition) is 3. The van der Waals surface area contributed by atoms with E-state index in [9.17, 15) is 13.6 Å². The Morgan fingerprint density at radius 1 is 1.34 bits per heavy atom. The molecule has 0 unspecified atom stereocenters. The van der Waals surface area contributed by atoms with E-state index < -0.39 is 6.43 Å². The van der Waals surface area contributed by atoms with Crippen LogP contribution in [0.5, 0.6) is 0 Å². The Balaban J connectivity index is 1.44. The molecule has 2 heterocycles. The Bertz CT molecular complexity index is 1050. The third-order valence-electron chi connectivity index (χ3n) is 4.63. The van der Waals surface area contributed by atoms with Gasteiger partial charge in [-0.2, -0.15) is 10.2 Å². The molecule has 0 spiro atoms. The molecule has 1 saturated carbocycles. The van der Waals surface area contributed by atoms with E-state index in [0.29, 0.717) is 27.4 Å². The molecule has 152 valence electrons. The number of carbonyl (C=O) groups excluding carboxylic acids is 1. The summed E-state index contributed by atoms with van der Waals surface area (Å²) >= 11 is 9.38. The molecule has 29 heavy (non-hydrogen) atoms. The van der Waals surface area contributed by atoms with E-state index in [1.54, 1.807) is 16.9 Å². The first kappa shape index (κ1) is 20.0. The van der Waals surface area contributed by atoms with Gasteiger partial charge in [0.15, 0.2) is 0 Å². The van der Waals surface area contributed by atoms with E-state index in [2.05, 4.69) is 31.4 Å². The molecule has 1 aromatic carbocycles. The lowest BCUT2D eigenvalue weighted by molar-refractivity contribution is -0.117. The Kier molecular flexibility index (Phi) is 5.69. The van der Waals surface area contributed by atoms with Gasteiger partial charge in [-0.3, -0.25) is 14.2 Å². The lowest BCUT2D eigenvalue weighted by atomic mass is 10.2. The van der Waals surface area contributed by atoms with Crippen LogP contribution in [0.15, 0.2) is 41.1 Å². The molecule has 0 radical (unpaired) electrons. The van der Waals surface area contributed by atoms with Gasteiger partial charge < -0.3 is 5.32 Å². The first-order chi connectivity index (χ1) is 13.9. The van der Waals surface area contributed by atoms with E-state index in [0.717, 1.165) is 18.4 Å². The number of alkyl halides is 2. The SMILES string of the molecule is O=C(Cn1nc(C(F)F)c(Br)c1C1CC1)Nc1cnn(Cc2ccccc2Cl)c1.